The number of rotatable bonds is 4. The van der Waals surface area contributed by atoms with Gasteiger partial charge in [-0.2, -0.15) is 4.98 Å². The number of hydrogen-bond acceptors (Lipinski definition) is 4. The highest BCUT2D eigenvalue weighted by Crippen LogP contribution is 2.19. The lowest BCUT2D eigenvalue weighted by atomic mass is 10.1. The van der Waals surface area contributed by atoms with E-state index < -0.39 is 0 Å². The van der Waals surface area contributed by atoms with Gasteiger partial charge >= 0.3 is 0 Å². The van der Waals surface area contributed by atoms with E-state index >= 15 is 0 Å². The Morgan fingerprint density at radius 1 is 1.05 bits per heavy atom. The molecule has 1 aromatic heterocycles. The van der Waals surface area contributed by atoms with Crippen LogP contribution in [-0.4, -0.2) is 10.1 Å². The van der Waals surface area contributed by atoms with Gasteiger partial charge in [0.2, 0.25) is 0 Å². The third kappa shape index (κ3) is 3.14. The van der Waals surface area contributed by atoms with Crippen molar-refractivity contribution in [2.24, 2.45) is 5.73 Å². The highest BCUT2D eigenvalue weighted by molar-refractivity contribution is 5.54. The van der Waals surface area contributed by atoms with Crippen molar-refractivity contribution in [1.82, 2.24) is 10.1 Å². The van der Waals surface area contributed by atoms with Crippen LogP contribution in [0.25, 0.3) is 11.5 Å². The second-order valence-corrected chi connectivity index (χ2v) is 4.72. The van der Waals surface area contributed by atoms with Gasteiger partial charge < -0.3 is 10.3 Å². The van der Waals surface area contributed by atoms with E-state index in [0.717, 1.165) is 16.7 Å². The van der Waals surface area contributed by atoms with Gasteiger partial charge in [-0.05, 0) is 35.4 Å². The number of hydrogen-bond donors (Lipinski definition) is 1. The van der Waals surface area contributed by atoms with Gasteiger partial charge in [0.25, 0.3) is 5.89 Å². The Morgan fingerprint density at radius 2 is 1.86 bits per heavy atom. The molecule has 0 fully saturated rings. The maximum Gasteiger partial charge on any atom is 0.257 e. The van der Waals surface area contributed by atoms with Crippen LogP contribution in [0.4, 0.5) is 4.39 Å². The first-order valence-corrected chi connectivity index (χ1v) is 6.61. The van der Waals surface area contributed by atoms with Gasteiger partial charge in [0.15, 0.2) is 5.82 Å². The minimum atomic E-state index is -0.258. The van der Waals surface area contributed by atoms with Crippen LogP contribution in [0.5, 0.6) is 0 Å². The van der Waals surface area contributed by atoms with Crippen molar-refractivity contribution in [1.29, 1.82) is 0 Å². The lowest BCUT2D eigenvalue weighted by Gasteiger charge is -1.98. The predicted molar refractivity (Wildman–Crippen MR) is 76.8 cm³/mol. The minimum Gasteiger partial charge on any atom is -0.334 e. The van der Waals surface area contributed by atoms with Crippen LogP contribution in [-0.2, 0) is 13.0 Å². The Hall–Kier alpha value is -2.53. The summed E-state index contributed by atoms with van der Waals surface area (Å²) in [5.41, 5.74) is 8.40. The number of nitrogens with two attached hydrogens (primary N) is 1. The summed E-state index contributed by atoms with van der Waals surface area (Å²) in [6.45, 7) is 0.463. The van der Waals surface area contributed by atoms with Crippen molar-refractivity contribution in [2.75, 3.05) is 0 Å². The molecular weight excluding hydrogens is 269 g/mol. The average Bonchev–Trinajstić information content (AvgIpc) is 2.98. The van der Waals surface area contributed by atoms with Crippen molar-refractivity contribution in [3.8, 4) is 11.5 Å². The molecular formula is C16H14FN3O. The molecule has 2 N–H and O–H groups in total. The summed E-state index contributed by atoms with van der Waals surface area (Å²) < 4.78 is 18.1. The molecule has 3 rings (SSSR count). The second kappa shape index (κ2) is 5.85. The Labute approximate surface area is 121 Å². The molecule has 2 aromatic carbocycles. The number of aromatic nitrogens is 2. The van der Waals surface area contributed by atoms with Crippen LogP contribution >= 0.6 is 0 Å². The van der Waals surface area contributed by atoms with Crippen molar-refractivity contribution in [2.45, 2.75) is 13.0 Å². The quantitative estimate of drug-likeness (QED) is 0.799. The summed E-state index contributed by atoms with van der Waals surface area (Å²) in [5, 5.41) is 3.95. The fourth-order valence-corrected chi connectivity index (χ4v) is 2.06. The molecule has 0 aliphatic heterocycles. The lowest BCUT2D eigenvalue weighted by molar-refractivity contribution is 0.424. The first-order chi connectivity index (χ1) is 10.2. The Morgan fingerprint density at radius 3 is 2.62 bits per heavy atom. The van der Waals surface area contributed by atoms with E-state index in [2.05, 4.69) is 10.1 Å². The molecule has 0 atom stereocenters. The summed E-state index contributed by atoms with van der Waals surface area (Å²) in [6, 6.07) is 13.9. The highest BCUT2D eigenvalue weighted by atomic mass is 19.1. The van der Waals surface area contributed by atoms with E-state index in [9.17, 15) is 4.39 Å². The fourth-order valence-electron chi connectivity index (χ4n) is 2.06. The van der Waals surface area contributed by atoms with Gasteiger partial charge in [-0.25, -0.2) is 4.39 Å². The average molecular weight is 283 g/mol. The van der Waals surface area contributed by atoms with E-state index in [1.54, 1.807) is 12.1 Å². The van der Waals surface area contributed by atoms with Gasteiger partial charge in [0.05, 0.1) is 0 Å². The molecule has 0 unspecified atom stereocenters. The maximum atomic E-state index is 12.9. The van der Waals surface area contributed by atoms with E-state index in [1.807, 2.05) is 24.3 Å². The van der Waals surface area contributed by atoms with Crippen molar-refractivity contribution < 1.29 is 8.91 Å². The van der Waals surface area contributed by atoms with E-state index in [0.29, 0.717) is 24.7 Å². The van der Waals surface area contributed by atoms with Gasteiger partial charge in [0.1, 0.15) is 5.82 Å². The first kappa shape index (κ1) is 13.5. The zero-order valence-corrected chi connectivity index (χ0v) is 11.3. The zero-order valence-electron chi connectivity index (χ0n) is 11.3. The van der Waals surface area contributed by atoms with Crippen molar-refractivity contribution in [3.05, 3.63) is 71.3 Å². The van der Waals surface area contributed by atoms with Gasteiger partial charge in [-0.15, -0.1) is 0 Å². The van der Waals surface area contributed by atoms with Gasteiger partial charge in [0, 0.05) is 18.5 Å². The molecule has 0 saturated carbocycles. The molecule has 0 radical (unpaired) electrons. The molecule has 0 bridgehead atoms. The van der Waals surface area contributed by atoms with Crippen molar-refractivity contribution >= 4 is 0 Å². The minimum absolute atomic E-state index is 0.258. The molecule has 0 spiro atoms. The molecule has 0 aliphatic carbocycles. The zero-order chi connectivity index (χ0) is 14.7. The SMILES string of the molecule is NCc1cccc(-c2nc(Cc3ccc(F)cc3)no2)c1. The van der Waals surface area contributed by atoms with Crippen LogP contribution in [0, 0.1) is 5.82 Å². The molecule has 0 aliphatic rings. The summed E-state index contributed by atoms with van der Waals surface area (Å²) >= 11 is 0. The smallest absolute Gasteiger partial charge is 0.257 e. The summed E-state index contributed by atoms with van der Waals surface area (Å²) in [6.07, 6.45) is 0.500. The topological polar surface area (TPSA) is 64.9 Å². The summed E-state index contributed by atoms with van der Waals surface area (Å²) in [4.78, 5) is 4.36. The normalized spacial score (nSPS) is 10.8. The monoisotopic (exact) mass is 283 g/mol. The predicted octanol–water partition coefficient (Wildman–Crippen LogP) is 2.93. The van der Waals surface area contributed by atoms with Crippen LogP contribution in [0.3, 0.4) is 0 Å². The molecule has 4 nitrogen and oxygen atoms in total. The number of benzene rings is 2. The Kier molecular flexibility index (Phi) is 3.75. The van der Waals surface area contributed by atoms with Crippen LogP contribution in [0.2, 0.25) is 0 Å². The van der Waals surface area contributed by atoms with E-state index in [4.69, 9.17) is 10.3 Å². The molecule has 0 saturated heterocycles. The second-order valence-electron chi connectivity index (χ2n) is 4.72. The molecule has 0 amide bonds. The van der Waals surface area contributed by atoms with Gasteiger partial charge in [-0.1, -0.05) is 29.4 Å². The Bertz CT molecular complexity index is 737. The van der Waals surface area contributed by atoms with Crippen LogP contribution in [0.1, 0.15) is 17.0 Å². The largest absolute Gasteiger partial charge is 0.334 e. The lowest BCUT2D eigenvalue weighted by Crippen LogP contribution is -1.95. The molecule has 106 valence electrons. The standard InChI is InChI=1S/C16H14FN3O/c17-14-6-4-11(5-7-14)9-15-19-16(21-20-15)13-3-1-2-12(8-13)10-18/h1-8H,9-10,18H2. The first-order valence-electron chi connectivity index (χ1n) is 6.61. The Balaban J connectivity index is 1.81. The number of nitrogens with zero attached hydrogens (tertiary/aromatic N) is 2. The summed E-state index contributed by atoms with van der Waals surface area (Å²) in [5.74, 6) is 0.767. The third-order valence-corrected chi connectivity index (χ3v) is 3.15. The maximum absolute atomic E-state index is 12.9. The fraction of sp³-hybridized carbons (Fsp3) is 0.125. The van der Waals surface area contributed by atoms with Crippen molar-refractivity contribution in [3.63, 3.8) is 0 Å². The third-order valence-electron chi connectivity index (χ3n) is 3.15. The highest BCUT2D eigenvalue weighted by Gasteiger charge is 2.09. The van der Waals surface area contributed by atoms with Crippen LogP contribution < -0.4 is 5.73 Å². The van der Waals surface area contributed by atoms with Crippen LogP contribution in [0.15, 0.2) is 53.1 Å². The molecule has 21 heavy (non-hydrogen) atoms. The molecule has 3 aromatic rings. The van der Waals surface area contributed by atoms with E-state index in [-0.39, 0.29) is 5.82 Å². The number of halogens is 1. The molecule has 5 heteroatoms. The van der Waals surface area contributed by atoms with Gasteiger partial charge in [-0.3, -0.25) is 0 Å². The van der Waals surface area contributed by atoms with E-state index in [1.165, 1.54) is 12.1 Å². The summed E-state index contributed by atoms with van der Waals surface area (Å²) in [7, 11) is 0. The molecule has 1 heterocycles.